The highest BCUT2D eigenvalue weighted by Gasteiger charge is 2.11. The van der Waals surface area contributed by atoms with E-state index in [1.54, 1.807) is 6.07 Å². The minimum absolute atomic E-state index is 0.0649. The van der Waals surface area contributed by atoms with Gasteiger partial charge in [-0.1, -0.05) is 29.8 Å². The fourth-order valence-electron chi connectivity index (χ4n) is 3.80. The molecule has 0 atom stereocenters. The molecule has 4 rings (SSSR count). The molecule has 9 heteroatoms. The van der Waals surface area contributed by atoms with Crippen LogP contribution in [0, 0.1) is 11.3 Å². The van der Waals surface area contributed by atoms with Crippen LogP contribution in [0.2, 0.25) is 5.02 Å². The molecule has 0 bridgehead atoms. The SMILES string of the molecule is N#Cc1cnc(CC(=O)Nc2ccc(CCNCc3ccc(N4CCOCC4)cc3)c(Cl)c2)cn1. The van der Waals surface area contributed by atoms with Crippen LogP contribution in [0.3, 0.4) is 0 Å². The van der Waals surface area contributed by atoms with Crippen molar-refractivity contribution in [3.63, 3.8) is 0 Å². The quantitative estimate of drug-likeness (QED) is 0.443. The lowest BCUT2D eigenvalue weighted by molar-refractivity contribution is -0.115. The summed E-state index contributed by atoms with van der Waals surface area (Å²) in [5.74, 6) is -0.228. The number of benzene rings is 2. The van der Waals surface area contributed by atoms with Gasteiger partial charge in [0, 0.05) is 36.0 Å². The Morgan fingerprint density at radius 2 is 1.91 bits per heavy atom. The van der Waals surface area contributed by atoms with Crippen molar-refractivity contribution in [2.75, 3.05) is 43.1 Å². The van der Waals surface area contributed by atoms with Gasteiger partial charge in [-0.05, 0) is 48.4 Å². The van der Waals surface area contributed by atoms with Gasteiger partial charge in [-0.15, -0.1) is 0 Å². The van der Waals surface area contributed by atoms with Crippen LogP contribution in [0.15, 0.2) is 54.9 Å². The summed E-state index contributed by atoms with van der Waals surface area (Å²) < 4.78 is 5.41. The summed E-state index contributed by atoms with van der Waals surface area (Å²) in [6.07, 6.45) is 3.62. The molecule has 180 valence electrons. The van der Waals surface area contributed by atoms with Gasteiger partial charge in [0.05, 0.1) is 37.7 Å². The Kier molecular flexibility index (Phi) is 8.63. The topological polar surface area (TPSA) is 103 Å². The summed E-state index contributed by atoms with van der Waals surface area (Å²) >= 11 is 6.45. The van der Waals surface area contributed by atoms with Crippen molar-refractivity contribution in [2.45, 2.75) is 19.4 Å². The van der Waals surface area contributed by atoms with Gasteiger partial charge in [-0.3, -0.25) is 9.78 Å². The van der Waals surface area contributed by atoms with Crippen molar-refractivity contribution < 1.29 is 9.53 Å². The number of nitrogens with zero attached hydrogens (tertiary/aromatic N) is 4. The summed E-state index contributed by atoms with van der Waals surface area (Å²) in [7, 11) is 0. The highest BCUT2D eigenvalue weighted by molar-refractivity contribution is 6.31. The monoisotopic (exact) mass is 490 g/mol. The lowest BCUT2D eigenvalue weighted by Crippen LogP contribution is -2.36. The predicted octanol–water partition coefficient (Wildman–Crippen LogP) is 3.35. The Bertz CT molecular complexity index is 1170. The van der Waals surface area contributed by atoms with Crippen LogP contribution in [0.25, 0.3) is 0 Å². The molecule has 1 aliphatic rings. The first-order chi connectivity index (χ1) is 17.1. The standard InChI is InChI=1S/C26H27ClN6O2/c27-25-13-21(32-26(34)14-22-17-31-23(15-28)18-30-22)4-3-20(25)7-8-29-16-19-1-5-24(6-2-19)33-9-11-35-12-10-33/h1-6,13,17-18,29H,7-12,14,16H2,(H,32,34). The van der Waals surface area contributed by atoms with Crippen molar-refractivity contribution in [2.24, 2.45) is 0 Å². The van der Waals surface area contributed by atoms with E-state index in [9.17, 15) is 4.79 Å². The summed E-state index contributed by atoms with van der Waals surface area (Å²) in [4.78, 5) is 22.6. The Hall–Kier alpha value is -3.51. The third kappa shape index (κ3) is 7.23. The number of amides is 1. The number of morpholine rings is 1. The molecule has 0 unspecified atom stereocenters. The first kappa shape index (κ1) is 24.6. The maximum atomic E-state index is 12.3. The molecular formula is C26H27ClN6O2. The van der Waals surface area contributed by atoms with Gasteiger partial charge in [0.15, 0.2) is 5.69 Å². The molecular weight excluding hydrogens is 464 g/mol. The largest absolute Gasteiger partial charge is 0.378 e. The van der Waals surface area contributed by atoms with E-state index in [1.807, 2.05) is 18.2 Å². The normalized spacial score (nSPS) is 13.3. The number of halogens is 1. The van der Waals surface area contributed by atoms with E-state index in [0.29, 0.717) is 16.4 Å². The van der Waals surface area contributed by atoms with E-state index in [2.05, 4.69) is 49.8 Å². The summed E-state index contributed by atoms with van der Waals surface area (Å²) in [5.41, 5.74) is 4.81. The maximum Gasteiger partial charge on any atom is 0.230 e. The summed E-state index contributed by atoms with van der Waals surface area (Å²) in [5, 5.41) is 15.7. The predicted molar refractivity (Wildman–Crippen MR) is 135 cm³/mol. The van der Waals surface area contributed by atoms with Gasteiger partial charge < -0.3 is 20.3 Å². The van der Waals surface area contributed by atoms with E-state index in [4.69, 9.17) is 21.6 Å². The molecule has 8 nitrogen and oxygen atoms in total. The maximum absolute atomic E-state index is 12.3. The first-order valence-electron chi connectivity index (χ1n) is 11.5. The number of hydrogen-bond acceptors (Lipinski definition) is 7. The minimum Gasteiger partial charge on any atom is -0.378 e. The number of hydrogen-bond donors (Lipinski definition) is 2. The summed E-state index contributed by atoms with van der Waals surface area (Å²) in [6, 6.07) is 16.1. The average Bonchev–Trinajstić information content (AvgIpc) is 2.89. The van der Waals surface area contributed by atoms with Gasteiger partial charge >= 0.3 is 0 Å². The molecule has 35 heavy (non-hydrogen) atoms. The number of carbonyl (C=O) groups is 1. The Morgan fingerprint density at radius 1 is 1.11 bits per heavy atom. The number of anilines is 2. The summed E-state index contributed by atoms with van der Waals surface area (Å²) in [6.45, 7) is 5.01. The Labute approximate surface area is 209 Å². The molecule has 0 radical (unpaired) electrons. The van der Waals surface area contributed by atoms with E-state index >= 15 is 0 Å². The number of aromatic nitrogens is 2. The van der Waals surface area contributed by atoms with Crippen LogP contribution in [-0.2, 0) is 28.9 Å². The lowest BCUT2D eigenvalue weighted by atomic mass is 10.1. The van der Waals surface area contributed by atoms with E-state index in [1.165, 1.54) is 23.6 Å². The smallest absolute Gasteiger partial charge is 0.230 e. The molecule has 0 spiro atoms. The number of ether oxygens (including phenoxy) is 1. The fourth-order valence-corrected chi connectivity index (χ4v) is 4.08. The van der Waals surface area contributed by atoms with E-state index in [0.717, 1.165) is 51.4 Å². The van der Waals surface area contributed by atoms with Gasteiger partial charge in [0.2, 0.25) is 5.91 Å². The zero-order valence-electron chi connectivity index (χ0n) is 19.3. The molecule has 1 saturated heterocycles. The van der Waals surface area contributed by atoms with Crippen LogP contribution in [0.1, 0.15) is 22.5 Å². The number of nitrogens with one attached hydrogen (secondary N) is 2. The van der Waals surface area contributed by atoms with Gasteiger partial charge in [0.1, 0.15) is 6.07 Å². The van der Waals surface area contributed by atoms with E-state index < -0.39 is 0 Å². The van der Waals surface area contributed by atoms with Crippen molar-refractivity contribution in [1.82, 2.24) is 15.3 Å². The third-order valence-electron chi connectivity index (χ3n) is 5.71. The molecule has 1 aromatic heterocycles. The fraction of sp³-hybridized carbons (Fsp3) is 0.308. The van der Waals surface area contributed by atoms with Gasteiger partial charge in [0.25, 0.3) is 0 Å². The highest BCUT2D eigenvalue weighted by atomic mass is 35.5. The van der Waals surface area contributed by atoms with Crippen molar-refractivity contribution in [1.29, 1.82) is 5.26 Å². The van der Waals surface area contributed by atoms with Crippen molar-refractivity contribution in [3.8, 4) is 6.07 Å². The second kappa shape index (κ2) is 12.3. The first-order valence-corrected chi connectivity index (χ1v) is 11.9. The number of rotatable bonds is 9. The minimum atomic E-state index is -0.228. The third-order valence-corrected chi connectivity index (χ3v) is 6.06. The highest BCUT2D eigenvalue weighted by Crippen LogP contribution is 2.22. The van der Waals surface area contributed by atoms with Crippen LogP contribution >= 0.6 is 11.6 Å². The van der Waals surface area contributed by atoms with Gasteiger partial charge in [-0.25, -0.2) is 4.98 Å². The van der Waals surface area contributed by atoms with Crippen LogP contribution < -0.4 is 15.5 Å². The van der Waals surface area contributed by atoms with Crippen LogP contribution in [0.5, 0.6) is 0 Å². The van der Waals surface area contributed by atoms with Crippen LogP contribution in [0.4, 0.5) is 11.4 Å². The average molecular weight is 491 g/mol. The zero-order chi connectivity index (χ0) is 24.5. The molecule has 2 aromatic carbocycles. The molecule has 3 aromatic rings. The molecule has 2 heterocycles. The number of carbonyl (C=O) groups excluding carboxylic acids is 1. The lowest BCUT2D eigenvalue weighted by Gasteiger charge is -2.28. The van der Waals surface area contributed by atoms with Crippen molar-refractivity contribution in [3.05, 3.63) is 82.4 Å². The number of nitriles is 1. The second-order valence-corrected chi connectivity index (χ2v) is 8.64. The molecule has 2 N–H and O–H groups in total. The Morgan fingerprint density at radius 3 is 2.60 bits per heavy atom. The van der Waals surface area contributed by atoms with Gasteiger partial charge in [-0.2, -0.15) is 5.26 Å². The molecule has 1 amide bonds. The molecule has 1 aliphatic heterocycles. The molecule has 0 aliphatic carbocycles. The molecule has 0 saturated carbocycles. The Balaban J connectivity index is 1.20. The van der Waals surface area contributed by atoms with Crippen molar-refractivity contribution >= 4 is 28.9 Å². The second-order valence-electron chi connectivity index (χ2n) is 8.23. The molecule has 1 fully saturated rings. The van der Waals surface area contributed by atoms with E-state index in [-0.39, 0.29) is 18.0 Å². The zero-order valence-corrected chi connectivity index (χ0v) is 20.1. The van der Waals surface area contributed by atoms with Crippen LogP contribution in [-0.4, -0.2) is 48.7 Å².